The molecule has 0 atom stereocenters. The van der Waals surface area contributed by atoms with Crippen LogP contribution in [0.3, 0.4) is 0 Å². The molecular formula is C17H14ClFN2O2. The predicted molar refractivity (Wildman–Crippen MR) is 87.9 cm³/mol. The summed E-state index contributed by atoms with van der Waals surface area (Å²) in [4.78, 5) is 8.36. The summed E-state index contributed by atoms with van der Waals surface area (Å²) in [7, 11) is 0. The average molecular weight is 333 g/mol. The van der Waals surface area contributed by atoms with Crippen molar-refractivity contribution >= 4 is 18.1 Å². The summed E-state index contributed by atoms with van der Waals surface area (Å²) in [5, 5.41) is 14.3. The number of aromatic amines is 1. The summed E-state index contributed by atoms with van der Waals surface area (Å²) in [5.74, 6) is -0.426. The van der Waals surface area contributed by atoms with Crippen LogP contribution in [0.2, 0.25) is 5.02 Å². The first-order valence-corrected chi connectivity index (χ1v) is 7.09. The normalized spacial score (nSPS) is 9.87. The first kappa shape index (κ1) is 16.7. The minimum Gasteiger partial charge on any atom is -0.483 e. The van der Waals surface area contributed by atoms with E-state index in [9.17, 15) is 4.39 Å². The minimum atomic E-state index is -0.426. The molecule has 118 valence electrons. The number of hydrogen-bond acceptors (Lipinski definition) is 2. The molecule has 23 heavy (non-hydrogen) atoms. The second kappa shape index (κ2) is 7.56. The zero-order valence-electron chi connectivity index (χ0n) is 12.3. The fraction of sp³-hybridized carbons (Fsp3) is 0.0588. The smallest absolute Gasteiger partial charge is 0.290 e. The lowest BCUT2D eigenvalue weighted by Crippen LogP contribution is -1.81. The number of benzene rings is 2. The standard InChI is InChI=1S/C16H12ClFN2.CH2O2/c1-10-4-2-3-5-12(10)16-9-15(19-20-16)11-6-7-14(18)13(17)8-11;2-1-3/h2-9H,1H3,(H,19,20);1H,(H,2,3). The van der Waals surface area contributed by atoms with E-state index in [2.05, 4.69) is 10.2 Å². The fourth-order valence-electron chi connectivity index (χ4n) is 2.14. The van der Waals surface area contributed by atoms with Gasteiger partial charge < -0.3 is 5.11 Å². The van der Waals surface area contributed by atoms with Crippen molar-refractivity contribution in [3.05, 3.63) is 64.9 Å². The van der Waals surface area contributed by atoms with Gasteiger partial charge in [-0.05, 0) is 36.8 Å². The number of carbonyl (C=O) groups is 1. The lowest BCUT2D eigenvalue weighted by Gasteiger charge is -2.01. The Morgan fingerprint density at radius 1 is 1.22 bits per heavy atom. The number of rotatable bonds is 2. The summed E-state index contributed by atoms with van der Waals surface area (Å²) >= 11 is 5.80. The van der Waals surface area contributed by atoms with Crippen molar-refractivity contribution in [1.29, 1.82) is 0 Å². The van der Waals surface area contributed by atoms with Gasteiger partial charge in [0.1, 0.15) is 5.82 Å². The molecule has 3 rings (SSSR count). The molecule has 0 aliphatic rings. The van der Waals surface area contributed by atoms with E-state index >= 15 is 0 Å². The first-order valence-electron chi connectivity index (χ1n) is 6.71. The summed E-state index contributed by atoms with van der Waals surface area (Å²) in [6.45, 7) is 1.80. The molecule has 0 saturated carbocycles. The second-order valence-corrected chi connectivity index (χ2v) is 5.12. The minimum absolute atomic E-state index is 0.0999. The third-order valence-electron chi connectivity index (χ3n) is 3.23. The molecule has 0 radical (unpaired) electrons. The highest BCUT2D eigenvalue weighted by molar-refractivity contribution is 6.31. The van der Waals surface area contributed by atoms with Crippen molar-refractivity contribution in [2.75, 3.05) is 0 Å². The lowest BCUT2D eigenvalue weighted by molar-refractivity contribution is -0.122. The molecule has 0 amide bonds. The van der Waals surface area contributed by atoms with E-state index in [0.717, 1.165) is 22.5 Å². The Balaban J connectivity index is 0.000000595. The molecule has 1 heterocycles. The van der Waals surface area contributed by atoms with Gasteiger partial charge in [0.25, 0.3) is 6.47 Å². The van der Waals surface area contributed by atoms with E-state index < -0.39 is 5.82 Å². The molecular weight excluding hydrogens is 319 g/mol. The Labute approximate surface area is 137 Å². The molecule has 0 aliphatic heterocycles. The van der Waals surface area contributed by atoms with E-state index in [0.29, 0.717) is 0 Å². The van der Waals surface area contributed by atoms with Crippen LogP contribution in [0.25, 0.3) is 22.5 Å². The van der Waals surface area contributed by atoms with Crippen LogP contribution in [0, 0.1) is 12.7 Å². The summed E-state index contributed by atoms with van der Waals surface area (Å²) in [6, 6.07) is 14.6. The largest absolute Gasteiger partial charge is 0.483 e. The van der Waals surface area contributed by atoms with E-state index in [-0.39, 0.29) is 11.5 Å². The maximum atomic E-state index is 13.2. The second-order valence-electron chi connectivity index (χ2n) is 4.72. The first-order chi connectivity index (χ1) is 11.1. The van der Waals surface area contributed by atoms with Gasteiger partial charge in [-0.25, -0.2) is 4.39 Å². The molecule has 0 bridgehead atoms. The Hall–Kier alpha value is -2.66. The van der Waals surface area contributed by atoms with Gasteiger partial charge in [-0.1, -0.05) is 35.9 Å². The van der Waals surface area contributed by atoms with E-state index in [1.165, 1.54) is 11.6 Å². The third kappa shape index (κ3) is 3.96. The van der Waals surface area contributed by atoms with Crippen LogP contribution in [0.4, 0.5) is 4.39 Å². The van der Waals surface area contributed by atoms with Crippen LogP contribution in [0.1, 0.15) is 5.56 Å². The van der Waals surface area contributed by atoms with Crippen LogP contribution in [0.5, 0.6) is 0 Å². The van der Waals surface area contributed by atoms with Crippen LogP contribution < -0.4 is 0 Å². The maximum absolute atomic E-state index is 13.2. The number of aryl methyl sites for hydroxylation is 1. The lowest BCUT2D eigenvalue weighted by atomic mass is 10.0. The molecule has 0 unspecified atom stereocenters. The van der Waals surface area contributed by atoms with Crippen molar-refractivity contribution < 1.29 is 14.3 Å². The number of halogens is 2. The number of H-pyrrole nitrogens is 1. The molecule has 3 aromatic rings. The van der Waals surface area contributed by atoms with Crippen molar-refractivity contribution in [1.82, 2.24) is 10.2 Å². The zero-order chi connectivity index (χ0) is 16.8. The van der Waals surface area contributed by atoms with Gasteiger partial charge >= 0.3 is 0 Å². The zero-order valence-corrected chi connectivity index (χ0v) is 13.0. The number of aromatic nitrogens is 2. The number of nitrogens with one attached hydrogen (secondary N) is 1. The molecule has 4 nitrogen and oxygen atoms in total. The van der Waals surface area contributed by atoms with Crippen LogP contribution in [-0.4, -0.2) is 21.8 Å². The molecule has 1 aromatic heterocycles. The predicted octanol–water partition coefficient (Wildman–Crippen LogP) is 4.55. The molecule has 0 fully saturated rings. The van der Waals surface area contributed by atoms with Gasteiger partial charge in [-0.3, -0.25) is 9.89 Å². The highest BCUT2D eigenvalue weighted by Crippen LogP contribution is 2.28. The van der Waals surface area contributed by atoms with Crippen LogP contribution in [-0.2, 0) is 4.79 Å². The highest BCUT2D eigenvalue weighted by atomic mass is 35.5. The Bertz CT molecular complexity index is 818. The van der Waals surface area contributed by atoms with Gasteiger partial charge in [-0.2, -0.15) is 5.10 Å². The van der Waals surface area contributed by atoms with Gasteiger partial charge in [0.2, 0.25) is 0 Å². The van der Waals surface area contributed by atoms with Crippen LogP contribution in [0.15, 0.2) is 48.5 Å². The molecule has 0 spiro atoms. The average Bonchev–Trinajstić information content (AvgIpc) is 3.01. The van der Waals surface area contributed by atoms with Gasteiger partial charge in [0, 0.05) is 11.1 Å². The Kier molecular flexibility index (Phi) is 5.49. The van der Waals surface area contributed by atoms with Crippen molar-refractivity contribution in [2.24, 2.45) is 0 Å². The quantitative estimate of drug-likeness (QED) is 0.677. The van der Waals surface area contributed by atoms with E-state index in [1.807, 2.05) is 37.3 Å². The fourth-order valence-corrected chi connectivity index (χ4v) is 2.32. The van der Waals surface area contributed by atoms with Crippen molar-refractivity contribution in [3.8, 4) is 22.5 Å². The van der Waals surface area contributed by atoms with Gasteiger partial charge in [0.05, 0.1) is 16.4 Å². The number of hydrogen-bond donors (Lipinski definition) is 2. The highest BCUT2D eigenvalue weighted by Gasteiger charge is 2.09. The van der Waals surface area contributed by atoms with E-state index in [1.54, 1.807) is 12.1 Å². The molecule has 2 N–H and O–H groups in total. The van der Waals surface area contributed by atoms with E-state index in [4.69, 9.17) is 21.5 Å². The van der Waals surface area contributed by atoms with Crippen molar-refractivity contribution in [2.45, 2.75) is 6.92 Å². The monoisotopic (exact) mass is 332 g/mol. The molecule has 0 aliphatic carbocycles. The summed E-state index contributed by atoms with van der Waals surface area (Å²) < 4.78 is 13.2. The Morgan fingerprint density at radius 3 is 2.57 bits per heavy atom. The Morgan fingerprint density at radius 2 is 1.91 bits per heavy atom. The number of nitrogens with zero attached hydrogens (tertiary/aromatic N) is 1. The molecule has 2 aromatic carbocycles. The molecule has 6 heteroatoms. The summed E-state index contributed by atoms with van der Waals surface area (Å²) in [6.07, 6.45) is 0. The van der Waals surface area contributed by atoms with Gasteiger partial charge in [-0.15, -0.1) is 0 Å². The number of carboxylic acid groups (broad SMARTS) is 1. The van der Waals surface area contributed by atoms with Crippen molar-refractivity contribution in [3.63, 3.8) is 0 Å². The van der Waals surface area contributed by atoms with Crippen LogP contribution >= 0.6 is 11.6 Å². The SMILES string of the molecule is Cc1ccccc1-c1cc(-c2ccc(F)c(Cl)c2)n[nH]1.O=CO. The topological polar surface area (TPSA) is 66.0 Å². The third-order valence-corrected chi connectivity index (χ3v) is 3.52. The molecule has 0 saturated heterocycles. The summed E-state index contributed by atoms with van der Waals surface area (Å²) in [5.41, 5.74) is 4.72. The maximum Gasteiger partial charge on any atom is 0.290 e. The van der Waals surface area contributed by atoms with Gasteiger partial charge in [0.15, 0.2) is 0 Å².